The van der Waals surface area contributed by atoms with Crippen LogP contribution in [0.1, 0.15) is 10.5 Å². The summed E-state index contributed by atoms with van der Waals surface area (Å²) in [6.07, 6.45) is 1.12. The monoisotopic (exact) mass is 291 g/mol. The minimum absolute atomic E-state index is 0.192. The van der Waals surface area contributed by atoms with E-state index in [-0.39, 0.29) is 16.4 Å². The Morgan fingerprint density at radius 3 is 2.35 bits per heavy atom. The number of hydrogen-bond acceptors (Lipinski definition) is 5. The normalized spacial score (nSPS) is 11.1. The van der Waals surface area contributed by atoms with Crippen LogP contribution >= 0.6 is 0 Å². The summed E-state index contributed by atoms with van der Waals surface area (Å²) in [6.45, 7) is 0. The van der Waals surface area contributed by atoms with Gasteiger partial charge < -0.3 is 11.1 Å². The van der Waals surface area contributed by atoms with Gasteiger partial charge in [0.25, 0.3) is 5.91 Å². The molecule has 2 rings (SSSR count). The maximum Gasteiger partial charge on any atom is 0.274 e. The Labute approximate surface area is 116 Å². The van der Waals surface area contributed by atoms with Gasteiger partial charge in [-0.25, -0.2) is 13.4 Å². The number of nitrogen functional groups attached to an aromatic ring is 1. The lowest BCUT2D eigenvalue weighted by molar-refractivity contribution is 0.102. The molecule has 2 aromatic rings. The van der Waals surface area contributed by atoms with Crippen LogP contribution in [0.5, 0.6) is 0 Å². The number of amides is 1. The number of benzene rings is 1. The molecule has 0 aliphatic rings. The molecule has 0 fully saturated rings. The highest BCUT2D eigenvalue weighted by atomic mass is 32.2. The Bertz CT molecular complexity index is 740. The summed E-state index contributed by atoms with van der Waals surface area (Å²) in [7, 11) is -3.25. The average Bonchev–Trinajstić information content (AvgIpc) is 2.38. The van der Waals surface area contributed by atoms with Crippen LogP contribution in [0.15, 0.2) is 47.4 Å². The third-order valence-corrected chi connectivity index (χ3v) is 3.67. The first-order chi connectivity index (χ1) is 9.36. The fourth-order valence-electron chi connectivity index (χ4n) is 1.56. The van der Waals surface area contributed by atoms with Gasteiger partial charge in [0.15, 0.2) is 9.84 Å². The van der Waals surface area contributed by atoms with E-state index in [9.17, 15) is 13.2 Å². The van der Waals surface area contributed by atoms with E-state index >= 15 is 0 Å². The first-order valence-corrected chi connectivity index (χ1v) is 7.59. The summed E-state index contributed by atoms with van der Waals surface area (Å²) in [5.41, 5.74) is 6.17. The molecule has 0 bridgehead atoms. The molecule has 1 aromatic carbocycles. The zero-order valence-electron chi connectivity index (χ0n) is 10.7. The predicted octanol–water partition coefficient (Wildman–Crippen LogP) is 1.32. The number of carbonyl (C=O) groups excluding carboxylic acids is 1. The van der Waals surface area contributed by atoms with Crippen LogP contribution in [0.3, 0.4) is 0 Å². The van der Waals surface area contributed by atoms with Crippen molar-refractivity contribution in [3.8, 4) is 0 Å². The van der Waals surface area contributed by atoms with Gasteiger partial charge in [0.2, 0.25) is 0 Å². The molecule has 104 valence electrons. The predicted molar refractivity (Wildman–Crippen MR) is 76.2 cm³/mol. The van der Waals surface area contributed by atoms with E-state index in [1.54, 1.807) is 12.1 Å². The third kappa shape index (κ3) is 3.33. The molecule has 7 heteroatoms. The van der Waals surface area contributed by atoms with Gasteiger partial charge in [-0.2, -0.15) is 0 Å². The van der Waals surface area contributed by atoms with Gasteiger partial charge in [0.1, 0.15) is 11.5 Å². The van der Waals surface area contributed by atoms with Crippen LogP contribution in [0, 0.1) is 0 Å². The summed E-state index contributed by atoms with van der Waals surface area (Å²) < 4.78 is 22.6. The number of aromatic nitrogens is 1. The summed E-state index contributed by atoms with van der Waals surface area (Å²) in [4.78, 5) is 16.0. The Hall–Kier alpha value is -2.41. The molecule has 6 nitrogen and oxygen atoms in total. The molecule has 0 saturated heterocycles. The molecule has 0 spiro atoms. The van der Waals surface area contributed by atoms with Gasteiger partial charge in [-0.1, -0.05) is 6.07 Å². The number of rotatable bonds is 3. The lowest BCUT2D eigenvalue weighted by atomic mass is 10.3. The van der Waals surface area contributed by atoms with Crippen LogP contribution in [0.25, 0.3) is 0 Å². The molecule has 1 aromatic heterocycles. The van der Waals surface area contributed by atoms with E-state index in [1.165, 1.54) is 30.3 Å². The molecular weight excluding hydrogens is 278 g/mol. The van der Waals surface area contributed by atoms with Crippen molar-refractivity contribution in [1.82, 2.24) is 4.98 Å². The smallest absolute Gasteiger partial charge is 0.274 e. The maximum absolute atomic E-state index is 11.9. The highest BCUT2D eigenvalue weighted by molar-refractivity contribution is 7.90. The highest BCUT2D eigenvalue weighted by Crippen LogP contribution is 2.14. The maximum atomic E-state index is 11.9. The lowest BCUT2D eigenvalue weighted by Gasteiger charge is -2.06. The molecule has 1 amide bonds. The van der Waals surface area contributed by atoms with Gasteiger partial charge >= 0.3 is 0 Å². The largest absolute Gasteiger partial charge is 0.384 e. The Morgan fingerprint density at radius 2 is 1.80 bits per heavy atom. The van der Waals surface area contributed by atoms with E-state index in [0.29, 0.717) is 5.69 Å². The van der Waals surface area contributed by atoms with Gasteiger partial charge in [-0.05, 0) is 36.4 Å². The minimum atomic E-state index is -3.25. The molecule has 1 heterocycles. The van der Waals surface area contributed by atoms with Crippen molar-refractivity contribution >= 4 is 27.2 Å². The second kappa shape index (κ2) is 5.30. The number of nitrogens with zero attached hydrogens (tertiary/aromatic N) is 1. The Kier molecular flexibility index (Phi) is 3.71. The quantitative estimate of drug-likeness (QED) is 0.888. The van der Waals surface area contributed by atoms with Crippen molar-refractivity contribution in [3.63, 3.8) is 0 Å². The minimum Gasteiger partial charge on any atom is -0.384 e. The highest BCUT2D eigenvalue weighted by Gasteiger charge is 2.10. The van der Waals surface area contributed by atoms with Gasteiger partial charge in [-0.15, -0.1) is 0 Å². The number of nitrogens with one attached hydrogen (secondary N) is 1. The molecule has 0 saturated carbocycles. The number of carbonyl (C=O) groups is 1. The summed E-state index contributed by atoms with van der Waals surface area (Å²) in [6, 6.07) is 10.6. The SMILES string of the molecule is CS(=O)(=O)c1ccc(NC(=O)c2cccc(N)n2)cc1. The van der Waals surface area contributed by atoms with Crippen LogP contribution in [0.4, 0.5) is 11.5 Å². The molecule has 0 unspecified atom stereocenters. The fraction of sp³-hybridized carbons (Fsp3) is 0.0769. The van der Waals surface area contributed by atoms with Crippen LogP contribution < -0.4 is 11.1 Å². The molecule has 20 heavy (non-hydrogen) atoms. The topological polar surface area (TPSA) is 102 Å². The van der Waals surface area contributed by atoms with E-state index in [0.717, 1.165) is 6.26 Å². The first-order valence-electron chi connectivity index (χ1n) is 5.70. The van der Waals surface area contributed by atoms with Crippen molar-refractivity contribution in [2.75, 3.05) is 17.3 Å². The number of hydrogen-bond donors (Lipinski definition) is 2. The van der Waals surface area contributed by atoms with Crippen molar-refractivity contribution in [2.45, 2.75) is 4.90 Å². The van der Waals surface area contributed by atoms with Crippen molar-refractivity contribution in [2.24, 2.45) is 0 Å². The Balaban J connectivity index is 2.16. The molecule has 0 aliphatic carbocycles. The lowest BCUT2D eigenvalue weighted by Crippen LogP contribution is -2.14. The van der Waals surface area contributed by atoms with E-state index in [2.05, 4.69) is 10.3 Å². The number of nitrogens with two attached hydrogens (primary N) is 1. The van der Waals surface area contributed by atoms with Crippen LogP contribution in [0.2, 0.25) is 0 Å². The summed E-state index contributed by atoms with van der Waals surface area (Å²) in [5, 5.41) is 2.61. The average molecular weight is 291 g/mol. The van der Waals surface area contributed by atoms with E-state index in [4.69, 9.17) is 5.73 Å². The Morgan fingerprint density at radius 1 is 1.15 bits per heavy atom. The van der Waals surface area contributed by atoms with Crippen LogP contribution in [-0.2, 0) is 9.84 Å². The molecule has 0 atom stereocenters. The standard InChI is InChI=1S/C13H13N3O3S/c1-20(18,19)10-7-5-9(6-8-10)15-13(17)11-3-2-4-12(14)16-11/h2-8H,1H3,(H2,14,16)(H,15,17). The second-order valence-corrected chi connectivity index (χ2v) is 6.21. The third-order valence-electron chi connectivity index (χ3n) is 2.54. The molecule has 0 aliphatic heterocycles. The first kappa shape index (κ1) is 14.0. The molecule has 3 N–H and O–H groups in total. The zero-order valence-corrected chi connectivity index (χ0v) is 11.5. The van der Waals surface area contributed by atoms with Crippen molar-refractivity contribution < 1.29 is 13.2 Å². The summed E-state index contributed by atoms with van der Waals surface area (Å²) in [5.74, 6) is -0.158. The number of sulfone groups is 1. The van der Waals surface area contributed by atoms with E-state index in [1.807, 2.05) is 0 Å². The number of pyridine rings is 1. The van der Waals surface area contributed by atoms with Crippen molar-refractivity contribution in [1.29, 1.82) is 0 Å². The van der Waals surface area contributed by atoms with E-state index < -0.39 is 15.7 Å². The molecule has 0 radical (unpaired) electrons. The van der Waals surface area contributed by atoms with Gasteiger partial charge in [0, 0.05) is 11.9 Å². The van der Waals surface area contributed by atoms with Gasteiger partial charge in [-0.3, -0.25) is 4.79 Å². The number of anilines is 2. The fourth-order valence-corrected chi connectivity index (χ4v) is 2.19. The van der Waals surface area contributed by atoms with Crippen LogP contribution in [-0.4, -0.2) is 25.6 Å². The zero-order chi connectivity index (χ0) is 14.8. The summed E-state index contributed by atoms with van der Waals surface area (Å²) >= 11 is 0. The van der Waals surface area contributed by atoms with Gasteiger partial charge in [0.05, 0.1) is 4.90 Å². The van der Waals surface area contributed by atoms with Crippen molar-refractivity contribution in [3.05, 3.63) is 48.2 Å². The molecular formula is C13H13N3O3S. The second-order valence-electron chi connectivity index (χ2n) is 4.20.